The molecule has 4 aromatic heterocycles. The topological polar surface area (TPSA) is 182 Å². The summed E-state index contributed by atoms with van der Waals surface area (Å²) in [6.45, 7) is 4.41. The van der Waals surface area contributed by atoms with Crippen molar-refractivity contribution in [3.05, 3.63) is 108 Å². The van der Waals surface area contributed by atoms with E-state index < -0.39 is 22.9 Å². The summed E-state index contributed by atoms with van der Waals surface area (Å²) in [4.78, 5) is 43.8. The molecule has 0 radical (unpaired) electrons. The predicted molar refractivity (Wildman–Crippen MR) is 242 cm³/mol. The fourth-order valence-corrected chi connectivity index (χ4v) is 8.82. The molecule has 5 N–H and O–H groups in total. The fraction of sp³-hybridized carbons (Fsp3) is 0.333. The van der Waals surface area contributed by atoms with Gasteiger partial charge in [0.1, 0.15) is 23.1 Å². The standard InChI is InChI=1S/C45H42Cl2F4N12O4/c46-44(48,49)66-31-7-1-28(2-8-31)55-41(64)26-19-33(35-11-14-54-58-35)40(53-23-26)63-24-38(57-43(25-63)12-13-43)37-21-36(59-60-37)34-20-27(22-52-39(34)62-17-15-61(16-18-62)30-5-6-30)42(65)56-29-3-9-32(10-4-29)67-45(47,50)51/h1-4,7-11,14,19-23,30,38,57H,5-6,12-13,15-18,24-25H2,(H,54,58)(H,55,64)(H,56,65)(H,59,60). The molecule has 6 heterocycles. The van der Waals surface area contributed by atoms with Gasteiger partial charge in [0.2, 0.25) is 0 Å². The number of nitrogens with one attached hydrogen (secondary N) is 5. The molecule has 2 aromatic carbocycles. The summed E-state index contributed by atoms with van der Waals surface area (Å²) < 4.78 is 61.4. The number of anilines is 4. The van der Waals surface area contributed by atoms with Crippen LogP contribution in [-0.4, -0.2) is 109 Å². The second-order valence-electron chi connectivity index (χ2n) is 17.0. The average molecular weight is 962 g/mol. The summed E-state index contributed by atoms with van der Waals surface area (Å²) in [5, 5.41) is 24.7. The normalized spacial score (nSPS) is 18.4. The zero-order valence-electron chi connectivity index (χ0n) is 35.4. The van der Waals surface area contributed by atoms with Crippen LogP contribution in [0.25, 0.3) is 22.5 Å². The summed E-state index contributed by atoms with van der Waals surface area (Å²) in [5.41, 5.74) is -3.37. The summed E-state index contributed by atoms with van der Waals surface area (Å²) in [6, 6.07) is 18.5. The van der Waals surface area contributed by atoms with Crippen molar-refractivity contribution >= 4 is 58.0 Å². The molecule has 67 heavy (non-hydrogen) atoms. The van der Waals surface area contributed by atoms with Crippen LogP contribution in [0.5, 0.6) is 11.5 Å². The first-order valence-electron chi connectivity index (χ1n) is 21.5. The molecule has 6 aromatic rings. The first kappa shape index (κ1) is 44.4. The fourth-order valence-electron chi connectivity index (χ4n) is 8.64. The Morgan fingerprint density at radius 3 is 1.78 bits per heavy atom. The van der Waals surface area contributed by atoms with Crippen molar-refractivity contribution in [1.82, 2.24) is 40.6 Å². The van der Waals surface area contributed by atoms with Gasteiger partial charge in [0, 0.05) is 115 Å². The Kier molecular flexibility index (Phi) is 11.7. The molecule has 2 saturated carbocycles. The lowest BCUT2D eigenvalue weighted by Gasteiger charge is -2.40. The molecular formula is C45H42Cl2F4N12O4. The second kappa shape index (κ2) is 17.6. The number of amides is 2. The smallest absolute Gasteiger partial charge is 0.420 e. The van der Waals surface area contributed by atoms with Crippen LogP contribution < -0.4 is 35.2 Å². The summed E-state index contributed by atoms with van der Waals surface area (Å²) in [5.74, 6) is 0.0723. The van der Waals surface area contributed by atoms with Crippen LogP contribution in [0.1, 0.15) is 58.1 Å². The molecular weight excluding hydrogens is 919 g/mol. The number of aromatic amines is 2. The van der Waals surface area contributed by atoms with Gasteiger partial charge in [0.15, 0.2) is 0 Å². The van der Waals surface area contributed by atoms with Gasteiger partial charge < -0.3 is 29.9 Å². The van der Waals surface area contributed by atoms with Crippen LogP contribution >= 0.6 is 23.2 Å². The zero-order valence-corrected chi connectivity index (χ0v) is 36.9. The number of hydrogen-bond donors (Lipinski definition) is 5. The largest absolute Gasteiger partial charge is 0.487 e. The Hall–Kier alpha value is -6.48. The third-order valence-corrected chi connectivity index (χ3v) is 12.3. The van der Waals surface area contributed by atoms with E-state index in [2.05, 4.69) is 55.4 Å². The predicted octanol–water partition coefficient (Wildman–Crippen LogP) is 8.07. The number of pyridine rings is 2. The van der Waals surface area contributed by atoms with E-state index in [1.54, 1.807) is 24.4 Å². The van der Waals surface area contributed by atoms with E-state index in [1.807, 2.05) is 6.07 Å². The summed E-state index contributed by atoms with van der Waals surface area (Å²) in [6.07, 6.45) is 8.93. The first-order chi connectivity index (χ1) is 32.1. The molecule has 4 aliphatic rings. The van der Waals surface area contributed by atoms with Crippen molar-refractivity contribution in [2.45, 2.75) is 54.4 Å². The number of H-pyrrole nitrogens is 2. The van der Waals surface area contributed by atoms with E-state index in [-0.39, 0.29) is 34.2 Å². The number of halogens is 6. The van der Waals surface area contributed by atoms with E-state index in [0.29, 0.717) is 64.7 Å². The van der Waals surface area contributed by atoms with Crippen molar-refractivity contribution in [1.29, 1.82) is 0 Å². The quantitative estimate of drug-likeness (QED) is 0.0524. The van der Waals surface area contributed by atoms with Crippen molar-refractivity contribution in [3.63, 3.8) is 0 Å². The number of aromatic nitrogens is 6. The van der Waals surface area contributed by atoms with Crippen LogP contribution in [0.3, 0.4) is 0 Å². The highest BCUT2D eigenvalue weighted by atomic mass is 35.5. The first-order valence-corrected chi connectivity index (χ1v) is 22.3. The third-order valence-electron chi connectivity index (χ3n) is 12.2. The minimum Gasteiger partial charge on any atom is -0.420 e. The van der Waals surface area contributed by atoms with Gasteiger partial charge >= 0.3 is 11.1 Å². The molecule has 0 bridgehead atoms. The molecule has 10 rings (SSSR count). The van der Waals surface area contributed by atoms with Gasteiger partial charge in [-0.3, -0.25) is 30.0 Å². The van der Waals surface area contributed by atoms with Gasteiger partial charge in [-0.1, -0.05) is 0 Å². The van der Waals surface area contributed by atoms with Gasteiger partial charge in [0.05, 0.1) is 34.3 Å². The van der Waals surface area contributed by atoms with Crippen molar-refractivity contribution in [2.24, 2.45) is 0 Å². The van der Waals surface area contributed by atoms with E-state index >= 15 is 0 Å². The Balaban J connectivity index is 0.908. The van der Waals surface area contributed by atoms with E-state index in [1.165, 1.54) is 73.8 Å². The molecule has 1 atom stereocenters. The number of benzene rings is 2. The number of hydrogen-bond acceptors (Lipinski definition) is 12. The number of rotatable bonds is 14. The van der Waals surface area contributed by atoms with Gasteiger partial charge in [-0.25, -0.2) is 9.97 Å². The Bertz CT molecular complexity index is 2760. The highest BCUT2D eigenvalue weighted by Gasteiger charge is 2.50. The molecule has 22 heteroatoms. The molecule has 16 nitrogen and oxygen atoms in total. The van der Waals surface area contributed by atoms with Crippen LogP contribution in [0.2, 0.25) is 0 Å². The monoisotopic (exact) mass is 960 g/mol. The molecule has 1 spiro atoms. The number of carbonyl (C=O) groups is 2. The van der Waals surface area contributed by atoms with Crippen molar-refractivity contribution < 1.29 is 36.6 Å². The molecule has 2 aliphatic carbocycles. The second-order valence-corrected chi connectivity index (χ2v) is 17.9. The number of piperazine rings is 2. The minimum atomic E-state index is -3.87. The molecule has 1 unspecified atom stereocenters. The van der Waals surface area contributed by atoms with Crippen molar-refractivity contribution in [2.75, 3.05) is 59.7 Å². The number of nitrogens with zero attached hydrogens (tertiary/aromatic N) is 7. The zero-order chi connectivity index (χ0) is 46.5. The number of ether oxygens (including phenoxy) is 2. The lowest BCUT2D eigenvalue weighted by Crippen LogP contribution is -2.54. The maximum atomic E-state index is 13.7. The maximum Gasteiger partial charge on any atom is 0.487 e. The molecule has 4 fully saturated rings. The van der Waals surface area contributed by atoms with E-state index in [4.69, 9.17) is 38.3 Å². The highest BCUT2D eigenvalue weighted by Crippen LogP contribution is 2.44. The molecule has 2 aliphatic heterocycles. The minimum absolute atomic E-state index is 0.167. The Morgan fingerprint density at radius 1 is 0.716 bits per heavy atom. The Labute approximate surface area is 390 Å². The van der Waals surface area contributed by atoms with Crippen LogP contribution in [0.4, 0.5) is 40.6 Å². The van der Waals surface area contributed by atoms with Crippen LogP contribution in [0.15, 0.2) is 91.4 Å². The molecule has 2 amide bonds. The number of alkyl halides is 6. The van der Waals surface area contributed by atoms with Crippen LogP contribution in [0, 0.1) is 0 Å². The SMILES string of the molecule is O=C(Nc1ccc(OC(F)(F)Cl)cc1)c1cnc(N2CC(c3cc(-c4cc(C(=O)Nc5ccc(OC(F)(F)Cl)cc5)cnc4N4CCN(C5CC5)CC4)[nH]n3)NC3(CC3)C2)c(-c2ccn[nH]2)c1. The van der Waals surface area contributed by atoms with Gasteiger partial charge in [-0.2, -0.15) is 10.2 Å². The van der Waals surface area contributed by atoms with E-state index in [0.717, 1.165) is 44.7 Å². The van der Waals surface area contributed by atoms with Gasteiger partial charge in [-0.15, -0.1) is 17.6 Å². The molecule has 348 valence electrons. The van der Waals surface area contributed by atoms with Crippen LogP contribution in [-0.2, 0) is 0 Å². The lowest BCUT2D eigenvalue weighted by atomic mass is 10.0. The Morgan fingerprint density at radius 2 is 1.27 bits per heavy atom. The van der Waals surface area contributed by atoms with Crippen molar-refractivity contribution in [3.8, 4) is 34.0 Å². The van der Waals surface area contributed by atoms with E-state index in [9.17, 15) is 27.2 Å². The maximum absolute atomic E-state index is 13.7. The summed E-state index contributed by atoms with van der Waals surface area (Å²) >= 11 is 9.79. The summed E-state index contributed by atoms with van der Waals surface area (Å²) in [7, 11) is 0. The highest BCUT2D eigenvalue weighted by molar-refractivity contribution is 6.21. The third kappa shape index (κ3) is 10.4. The average Bonchev–Trinajstić information content (AvgIpc) is 4.16. The van der Waals surface area contributed by atoms with Gasteiger partial charge in [0.25, 0.3) is 11.8 Å². The lowest BCUT2D eigenvalue weighted by molar-refractivity contribution is -0.0972. The van der Waals surface area contributed by atoms with Gasteiger partial charge in [-0.05, 0) is 98.5 Å². The molecule has 2 saturated heterocycles. The number of carbonyl (C=O) groups excluding carboxylic acids is 2.